The van der Waals surface area contributed by atoms with Crippen LogP contribution >= 0.6 is 23.1 Å². The first-order chi connectivity index (χ1) is 12.0. The molecule has 0 N–H and O–H groups in total. The van der Waals surface area contributed by atoms with Crippen molar-refractivity contribution in [2.45, 2.75) is 35.4 Å². The van der Waals surface area contributed by atoms with Crippen molar-refractivity contribution in [3.05, 3.63) is 40.9 Å². The predicted octanol–water partition coefficient (Wildman–Crippen LogP) is 3.60. The molecule has 0 radical (unpaired) electrons. The van der Waals surface area contributed by atoms with Crippen LogP contribution in [0.1, 0.15) is 35.3 Å². The number of rotatable bonds is 6. The summed E-state index contributed by atoms with van der Waals surface area (Å²) in [6, 6.07) is 6.28. The molecule has 3 rings (SSSR count). The number of carbonyl (C=O) groups is 1. The number of Topliss-reactive ketones (excluding diaryl/α,β-unsaturated/α-hetero) is 1. The fourth-order valence-corrected chi connectivity index (χ4v) is 5.94. The highest BCUT2D eigenvalue weighted by Crippen LogP contribution is 2.24. The second-order valence-electron chi connectivity index (χ2n) is 5.96. The topological polar surface area (TPSA) is 67.3 Å². The molecule has 0 unspecified atom stereocenters. The van der Waals surface area contributed by atoms with Crippen LogP contribution < -0.4 is 0 Å². The van der Waals surface area contributed by atoms with Crippen LogP contribution in [-0.2, 0) is 10.0 Å². The van der Waals surface area contributed by atoms with Crippen LogP contribution in [0, 0.1) is 6.92 Å². The molecule has 1 aliphatic rings. The van der Waals surface area contributed by atoms with Gasteiger partial charge in [0.05, 0.1) is 10.6 Å². The van der Waals surface area contributed by atoms with E-state index in [0.29, 0.717) is 24.4 Å². The summed E-state index contributed by atoms with van der Waals surface area (Å²) in [5, 5.41) is 1.95. The van der Waals surface area contributed by atoms with Crippen molar-refractivity contribution < 1.29 is 13.2 Å². The Kier molecular flexibility index (Phi) is 5.93. The Bertz CT molecular complexity index is 838. The Morgan fingerprint density at radius 1 is 1.20 bits per heavy atom. The molecule has 0 amide bonds. The van der Waals surface area contributed by atoms with Gasteiger partial charge >= 0.3 is 0 Å². The zero-order valence-corrected chi connectivity index (χ0v) is 16.4. The Morgan fingerprint density at radius 2 is 1.88 bits per heavy atom. The van der Waals surface area contributed by atoms with E-state index in [9.17, 15) is 13.2 Å². The van der Waals surface area contributed by atoms with Crippen molar-refractivity contribution in [3.8, 4) is 0 Å². The summed E-state index contributed by atoms with van der Waals surface area (Å²) in [4.78, 5) is 16.9. The summed E-state index contributed by atoms with van der Waals surface area (Å²) >= 11 is 2.93. The lowest BCUT2D eigenvalue weighted by Crippen LogP contribution is -2.35. The molecule has 0 atom stereocenters. The van der Waals surface area contributed by atoms with Gasteiger partial charge in [-0.2, -0.15) is 4.31 Å². The molecule has 2 heterocycles. The number of piperidine rings is 1. The smallest absolute Gasteiger partial charge is 0.243 e. The van der Waals surface area contributed by atoms with Crippen LogP contribution in [0.4, 0.5) is 0 Å². The minimum absolute atomic E-state index is 0.0280. The largest absolute Gasteiger partial charge is 0.293 e. The predicted molar refractivity (Wildman–Crippen MR) is 101 cm³/mol. The summed E-state index contributed by atoms with van der Waals surface area (Å²) in [6.07, 6.45) is 2.89. The number of thiazole rings is 1. The number of benzene rings is 1. The van der Waals surface area contributed by atoms with E-state index in [-0.39, 0.29) is 10.7 Å². The first-order valence-electron chi connectivity index (χ1n) is 8.15. The summed E-state index contributed by atoms with van der Waals surface area (Å²) < 4.78 is 27.6. The first-order valence-corrected chi connectivity index (χ1v) is 11.5. The normalized spacial score (nSPS) is 16.0. The third-order valence-electron chi connectivity index (χ3n) is 4.05. The number of carbonyl (C=O) groups excluding carboxylic acids is 1. The molecule has 1 aliphatic heterocycles. The number of thioether (sulfide) groups is 1. The van der Waals surface area contributed by atoms with Gasteiger partial charge in [0.15, 0.2) is 10.1 Å². The summed E-state index contributed by atoms with van der Waals surface area (Å²) in [7, 11) is -3.45. The van der Waals surface area contributed by atoms with Gasteiger partial charge in [0.1, 0.15) is 0 Å². The van der Waals surface area contributed by atoms with E-state index in [1.165, 1.54) is 39.5 Å². The van der Waals surface area contributed by atoms with Gasteiger partial charge in [0.25, 0.3) is 0 Å². The van der Waals surface area contributed by atoms with E-state index in [4.69, 9.17) is 0 Å². The number of hydrogen-bond donors (Lipinski definition) is 0. The number of hydrogen-bond acceptors (Lipinski definition) is 6. The maximum atomic E-state index is 12.6. The van der Waals surface area contributed by atoms with Crippen LogP contribution in [0.15, 0.2) is 38.9 Å². The van der Waals surface area contributed by atoms with Crippen molar-refractivity contribution in [3.63, 3.8) is 0 Å². The summed E-state index contributed by atoms with van der Waals surface area (Å²) in [5.41, 5.74) is 1.48. The van der Waals surface area contributed by atoms with Gasteiger partial charge in [-0.25, -0.2) is 13.4 Å². The highest BCUT2D eigenvalue weighted by molar-refractivity contribution is 8.01. The Labute approximate surface area is 156 Å². The van der Waals surface area contributed by atoms with Crippen molar-refractivity contribution in [2.24, 2.45) is 0 Å². The first kappa shape index (κ1) is 18.6. The van der Waals surface area contributed by atoms with Crippen LogP contribution in [0.2, 0.25) is 0 Å². The molecule has 134 valence electrons. The fourth-order valence-electron chi connectivity index (χ4n) is 2.68. The Hall–Kier alpha value is -1.22. The van der Waals surface area contributed by atoms with Crippen LogP contribution in [0.25, 0.3) is 0 Å². The highest BCUT2D eigenvalue weighted by atomic mass is 32.2. The summed E-state index contributed by atoms with van der Waals surface area (Å²) in [5.74, 6) is 0.269. The fraction of sp³-hybridized carbons (Fsp3) is 0.412. The molecule has 1 aromatic carbocycles. The number of ketones is 1. The lowest BCUT2D eigenvalue weighted by molar-refractivity contribution is 0.102. The molecule has 0 saturated carbocycles. The van der Waals surface area contributed by atoms with Crippen LogP contribution in [0.5, 0.6) is 0 Å². The van der Waals surface area contributed by atoms with E-state index in [1.54, 1.807) is 12.1 Å². The van der Waals surface area contributed by atoms with Crippen molar-refractivity contribution in [1.29, 1.82) is 0 Å². The van der Waals surface area contributed by atoms with Gasteiger partial charge in [0, 0.05) is 29.7 Å². The standard InChI is InChI=1S/C17H20N2O3S3/c1-13-11-23-17(18-13)24-12-16(20)14-5-7-15(8-6-14)25(21,22)19-9-3-2-4-10-19/h5-8,11H,2-4,9-10,12H2,1H3. The third kappa shape index (κ3) is 4.49. The minimum Gasteiger partial charge on any atom is -0.293 e. The average molecular weight is 397 g/mol. The van der Waals surface area contributed by atoms with Gasteiger partial charge in [-0.1, -0.05) is 30.3 Å². The molecule has 0 aliphatic carbocycles. The molecule has 2 aromatic rings. The van der Waals surface area contributed by atoms with E-state index >= 15 is 0 Å². The van der Waals surface area contributed by atoms with Crippen LogP contribution in [-0.4, -0.2) is 42.3 Å². The molecule has 25 heavy (non-hydrogen) atoms. The number of aromatic nitrogens is 1. The SMILES string of the molecule is Cc1csc(SCC(=O)c2ccc(S(=O)(=O)N3CCCCC3)cc2)n1. The minimum atomic E-state index is -3.45. The molecule has 1 saturated heterocycles. The second kappa shape index (κ2) is 7.99. The third-order valence-corrected chi connectivity index (χ3v) is 8.11. The zero-order chi connectivity index (χ0) is 17.9. The summed E-state index contributed by atoms with van der Waals surface area (Å²) in [6.45, 7) is 3.07. The maximum Gasteiger partial charge on any atom is 0.243 e. The van der Waals surface area contributed by atoms with E-state index in [1.807, 2.05) is 12.3 Å². The Balaban J connectivity index is 1.65. The molecule has 5 nitrogen and oxygen atoms in total. The number of nitrogens with zero attached hydrogens (tertiary/aromatic N) is 2. The van der Waals surface area contributed by atoms with Gasteiger partial charge in [-0.05, 0) is 31.9 Å². The van der Waals surface area contributed by atoms with E-state index < -0.39 is 10.0 Å². The zero-order valence-electron chi connectivity index (χ0n) is 14.0. The van der Waals surface area contributed by atoms with E-state index in [0.717, 1.165) is 29.3 Å². The van der Waals surface area contributed by atoms with Crippen LogP contribution in [0.3, 0.4) is 0 Å². The lowest BCUT2D eigenvalue weighted by atomic mass is 10.1. The molecule has 8 heteroatoms. The second-order valence-corrected chi connectivity index (χ2v) is 9.97. The lowest BCUT2D eigenvalue weighted by Gasteiger charge is -2.25. The van der Waals surface area contributed by atoms with Gasteiger partial charge in [-0.15, -0.1) is 11.3 Å². The molecular formula is C17H20N2O3S3. The monoisotopic (exact) mass is 396 g/mol. The molecule has 0 bridgehead atoms. The van der Waals surface area contributed by atoms with Crippen molar-refractivity contribution >= 4 is 38.9 Å². The van der Waals surface area contributed by atoms with Gasteiger partial charge < -0.3 is 0 Å². The quantitative estimate of drug-likeness (QED) is 0.551. The van der Waals surface area contributed by atoms with Gasteiger partial charge in [0.2, 0.25) is 10.0 Å². The maximum absolute atomic E-state index is 12.6. The number of aryl methyl sites for hydroxylation is 1. The highest BCUT2D eigenvalue weighted by Gasteiger charge is 2.25. The van der Waals surface area contributed by atoms with Crippen molar-refractivity contribution in [2.75, 3.05) is 18.8 Å². The van der Waals surface area contributed by atoms with Gasteiger partial charge in [-0.3, -0.25) is 4.79 Å². The average Bonchev–Trinajstić information content (AvgIpc) is 3.06. The molecule has 0 spiro atoms. The molecule has 1 aromatic heterocycles. The number of sulfonamides is 1. The Morgan fingerprint density at radius 3 is 2.48 bits per heavy atom. The van der Waals surface area contributed by atoms with Crippen molar-refractivity contribution in [1.82, 2.24) is 9.29 Å². The van der Waals surface area contributed by atoms with E-state index in [2.05, 4.69) is 4.98 Å². The molecular weight excluding hydrogens is 376 g/mol. The molecule has 1 fully saturated rings.